The summed E-state index contributed by atoms with van der Waals surface area (Å²) in [7, 11) is 0. The van der Waals surface area contributed by atoms with E-state index in [0.29, 0.717) is 17.7 Å². The molecule has 0 saturated carbocycles. The zero-order valence-electron chi connectivity index (χ0n) is 13.3. The van der Waals surface area contributed by atoms with Gasteiger partial charge in [-0.3, -0.25) is 19.7 Å². The molecule has 1 N–H and O–H groups in total. The minimum Gasteiger partial charge on any atom is -0.484 e. The number of nitro groups is 1. The van der Waals surface area contributed by atoms with Crippen molar-refractivity contribution in [1.82, 2.24) is 0 Å². The predicted octanol–water partition coefficient (Wildman–Crippen LogP) is 3.86. The van der Waals surface area contributed by atoms with Gasteiger partial charge in [-0.15, -0.1) is 0 Å². The van der Waals surface area contributed by atoms with Gasteiger partial charge in [0.15, 0.2) is 12.4 Å². The number of rotatable bonds is 7. The Hall–Kier alpha value is -2.93. The maximum absolute atomic E-state index is 12.1. The number of amides is 1. The molecule has 0 spiro atoms. The molecule has 0 fully saturated rings. The highest BCUT2D eigenvalue weighted by atomic mass is 35.5. The second kappa shape index (κ2) is 8.25. The van der Waals surface area contributed by atoms with Crippen LogP contribution in [0.4, 0.5) is 11.4 Å². The summed E-state index contributed by atoms with van der Waals surface area (Å²) in [6, 6.07) is 10.2. The smallest absolute Gasteiger partial charge is 0.271 e. The van der Waals surface area contributed by atoms with Crippen molar-refractivity contribution < 1.29 is 19.2 Å². The van der Waals surface area contributed by atoms with E-state index in [4.69, 9.17) is 16.3 Å². The first-order valence-electron chi connectivity index (χ1n) is 7.40. The Labute approximate surface area is 148 Å². The lowest BCUT2D eigenvalue weighted by Crippen LogP contribution is -2.13. The van der Waals surface area contributed by atoms with E-state index in [1.165, 1.54) is 12.1 Å². The fraction of sp³-hybridized carbons (Fsp3) is 0.176. The van der Waals surface area contributed by atoms with Crippen molar-refractivity contribution in [3.8, 4) is 5.75 Å². The quantitative estimate of drug-likeness (QED) is 0.458. The van der Waals surface area contributed by atoms with Gasteiger partial charge in [0.2, 0.25) is 5.91 Å². The molecule has 0 aliphatic carbocycles. The maximum atomic E-state index is 12.1. The van der Waals surface area contributed by atoms with E-state index in [-0.39, 0.29) is 34.8 Å². The van der Waals surface area contributed by atoms with E-state index in [1.807, 2.05) is 0 Å². The average molecular weight is 363 g/mol. The van der Waals surface area contributed by atoms with Crippen LogP contribution in [0.25, 0.3) is 0 Å². The number of halogens is 1. The number of hydrogen-bond donors (Lipinski definition) is 1. The molecule has 130 valence electrons. The summed E-state index contributed by atoms with van der Waals surface area (Å²) in [6.45, 7) is 1.48. The van der Waals surface area contributed by atoms with E-state index in [9.17, 15) is 19.7 Å². The Bertz CT molecular complexity index is 805. The van der Waals surface area contributed by atoms with Crippen molar-refractivity contribution in [3.05, 3.63) is 63.2 Å². The first-order valence-corrected chi connectivity index (χ1v) is 7.78. The standard InChI is InChI=1S/C17H15ClN2O5/c1-2-17(22)19-12-5-3-11(4-6-12)15(21)10-25-16-8-7-13(20(23)24)9-14(16)18/h3-9H,2,10H2,1H3,(H,19,22). The summed E-state index contributed by atoms with van der Waals surface area (Å²) in [5.74, 6) is -0.217. The van der Waals surface area contributed by atoms with Crippen LogP contribution in [0.3, 0.4) is 0 Å². The molecule has 0 saturated heterocycles. The van der Waals surface area contributed by atoms with Crippen LogP contribution in [-0.2, 0) is 4.79 Å². The number of carbonyl (C=O) groups excluding carboxylic acids is 2. The zero-order valence-corrected chi connectivity index (χ0v) is 14.1. The molecule has 25 heavy (non-hydrogen) atoms. The summed E-state index contributed by atoms with van der Waals surface area (Å²) >= 11 is 5.90. The van der Waals surface area contributed by atoms with Gasteiger partial charge in [-0.25, -0.2) is 0 Å². The van der Waals surface area contributed by atoms with E-state index in [0.717, 1.165) is 6.07 Å². The molecule has 2 aromatic rings. The van der Waals surface area contributed by atoms with Crippen molar-refractivity contribution in [1.29, 1.82) is 0 Å². The van der Waals surface area contributed by atoms with Crippen LogP contribution >= 0.6 is 11.6 Å². The van der Waals surface area contributed by atoms with E-state index < -0.39 is 4.92 Å². The molecule has 1 amide bonds. The molecule has 0 bridgehead atoms. The van der Waals surface area contributed by atoms with E-state index >= 15 is 0 Å². The van der Waals surface area contributed by atoms with Crippen LogP contribution in [0, 0.1) is 10.1 Å². The largest absolute Gasteiger partial charge is 0.484 e. The first kappa shape index (κ1) is 18.4. The number of anilines is 1. The van der Waals surface area contributed by atoms with Gasteiger partial charge in [0.05, 0.1) is 9.95 Å². The third kappa shape index (κ3) is 5.02. The van der Waals surface area contributed by atoms with Crippen molar-refractivity contribution >= 4 is 34.7 Å². The minimum atomic E-state index is -0.570. The molecular formula is C17H15ClN2O5. The number of nitrogens with zero attached hydrogens (tertiary/aromatic N) is 1. The fourth-order valence-corrected chi connectivity index (χ4v) is 2.17. The number of ketones is 1. The molecule has 0 aromatic heterocycles. The van der Waals surface area contributed by atoms with Crippen LogP contribution in [-0.4, -0.2) is 23.2 Å². The lowest BCUT2D eigenvalue weighted by Gasteiger charge is -2.08. The number of Topliss-reactive ketones (excluding diaryl/α,β-unsaturated/α-hetero) is 1. The van der Waals surface area contributed by atoms with Crippen LogP contribution in [0.5, 0.6) is 5.75 Å². The van der Waals surface area contributed by atoms with Crippen molar-refractivity contribution in [3.63, 3.8) is 0 Å². The SMILES string of the molecule is CCC(=O)Nc1ccc(C(=O)COc2ccc([N+](=O)[O-])cc2Cl)cc1. The van der Waals surface area contributed by atoms with Gasteiger partial charge >= 0.3 is 0 Å². The van der Waals surface area contributed by atoms with Crippen molar-refractivity contribution in [2.24, 2.45) is 0 Å². The van der Waals surface area contributed by atoms with Crippen LogP contribution in [0.2, 0.25) is 5.02 Å². The van der Waals surface area contributed by atoms with Crippen LogP contribution < -0.4 is 10.1 Å². The van der Waals surface area contributed by atoms with Gasteiger partial charge in [0, 0.05) is 29.8 Å². The van der Waals surface area contributed by atoms with E-state index in [2.05, 4.69) is 5.32 Å². The molecule has 2 aromatic carbocycles. The monoisotopic (exact) mass is 362 g/mol. The maximum Gasteiger partial charge on any atom is 0.271 e. The van der Waals surface area contributed by atoms with Gasteiger partial charge in [-0.2, -0.15) is 0 Å². The molecular weight excluding hydrogens is 348 g/mol. The molecule has 0 aliphatic rings. The van der Waals surface area contributed by atoms with Gasteiger partial charge in [0.1, 0.15) is 5.75 Å². The Morgan fingerprint density at radius 2 is 1.88 bits per heavy atom. The highest BCUT2D eigenvalue weighted by Crippen LogP contribution is 2.28. The number of nitro benzene ring substituents is 1. The second-order valence-electron chi connectivity index (χ2n) is 5.06. The molecule has 0 radical (unpaired) electrons. The summed E-state index contributed by atoms with van der Waals surface area (Å²) in [5.41, 5.74) is 0.851. The number of nitrogens with one attached hydrogen (secondary N) is 1. The Kier molecular flexibility index (Phi) is 6.08. The lowest BCUT2D eigenvalue weighted by molar-refractivity contribution is -0.384. The third-order valence-corrected chi connectivity index (χ3v) is 3.59. The summed E-state index contributed by atoms with van der Waals surface area (Å²) < 4.78 is 5.33. The molecule has 0 atom stereocenters. The number of hydrogen-bond acceptors (Lipinski definition) is 5. The van der Waals surface area contributed by atoms with Gasteiger partial charge < -0.3 is 10.1 Å². The first-order chi connectivity index (χ1) is 11.9. The molecule has 2 rings (SSSR count). The number of non-ortho nitro benzene ring substituents is 1. The van der Waals surface area contributed by atoms with E-state index in [1.54, 1.807) is 31.2 Å². The summed E-state index contributed by atoms with van der Waals surface area (Å²) in [4.78, 5) is 33.5. The fourth-order valence-electron chi connectivity index (χ4n) is 1.94. The Morgan fingerprint density at radius 3 is 2.44 bits per heavy atom. The van der Waals surface area contributed by atoms with Gasteiger partial charge in [0.25, 0.3) is 5.69 Å². The second-order valence-corrected chi connectivity index (χ2v) is 5.47. The zero-order chi connectivity index (χ0) is 18.4. The molecule has 0 heterocycles. The van der Waals surface area contributed by atoms with Crippen LogP contribution in [0.1, 0.15) is 23.7 Å². The molecule has 0 unspecified atom stereocenters. The van der Waals surface area contributed by atoms with Gasteiger partial charge in [-0.05, 0) is 30.3 Å². The van der Waals surface area contributed by atoms with Gasteiger partial charge in [-0.1, -0.05) is 18.5 Å². The third-order valence-electron chi connectivity index (χ3n) is 3.30. The highest BCUT2D eigenvalue weighted by molar-refractivity contribution is 6.32. The summed E-state index contributed by atoms with van der Waals surface area (Å²) in [6.07, 6.45) is 0.366. The molecule has 7 nitrogen and oxygen atoms in total. The Morgan fingerprint density at radius 1 is 1.20 bits per heavy atom. The number of benzene rings is 2. The molecule has 0 aliphatic heterocycles. The Balaban J connectivity index is 1.98. The normalized spacial score (nSPS) is 10.2. The average Bonchev–Trinajstić information content (AvgIpc) is 2.60. The van der Waals surface area contributed by atoms with Crippen molar-refractivity contribution in [2.45, 2.75) is 13.3 Å². The highest BCUT2D eigenvalue weighted by Gasteiger charge is 2.12. The number of ether oxygens (including phenoxy) is 1. The van der Waals surface area contributed by atoms with Crippen molar-refractivity contribution in [2.75, 3.05) is 11.9 Å². The lowest BCUT2D eigenvalue weighted by atomic mass is 10.1. The topological polar surface area (TPSA) is 98.5 Å². The van der Waals surface area contributed by atoms with Crippen LogP contribution in [0.15, 0.2) is 42.5 Å². The summed E-state index contributed by atoms with van der Waals surface area (Å²) in [5, 5.41) is 13.4. The molecule has 8 heteroatoms. The minimum absolute atomic E-state index is 0.0552. The number of carbonyl (C=O) groups is 2. The predicted molar refractivity (Wildman–Crippen MR) is 93.3 cm³/mol.